The van der Waals surface area contributed by atoms with Crippen LogP contribution in [0.1, 0.15) is 56.8 Å². The van der Waals surface area contributed by atoms with Crippen molar-refractivity contribution >= 4 is 44.8 Å². The van der Waals surface area contributed by atoms with Crippen molar-refractivity contribution in [3.63, 3.8) is 0 Å². The number of hydrogen-bond acceptors (Lipinski definition) is 3. The van der Waals surface area contributed by atoms with Crippen LogP contribution in [0.2, 0.25) is 0 Å². The largest absolute Gasteiger partial charge is 2.00 e. The molecule has 0 fully saturated rings. The summed E-state index contributed by atoms with van der Waals surface area (Å²) in [5.41, 5.74) is -3.20. The first-order valence-corrected chi connectivity index (χ1v) is 12.6. The molecule has 13 heteroatoms. The number of hydrogen-bond donors (Lipinski definition) is 0. The summed E-state index contributed by atoms with van der Waals surface area (Å²) in [6.07, 6.45) is -11.2. The fourth-order valence-electron chi connectivity index (χ4n) is 2.86. The van der Waals surface area contributed by atoms with E-state index < -0.39 is 47.8 Å². The molecule has 224 valence electrons. The Labute approximate surface area is 260 Å². The summed E-state index contributed by atoms with van der Waals surface area (Å²) in [4.78, 5) is 11.9. The minimum Gasteiger partial charge on any atom is -1.00 e. The molecule has 3 aromatic carbocycles. The normalized spacial score (nSPS) is 11.7. The standard InChI is InChI=1S/C18H13F7O2.C6H4BrF.C4H10O.Mg.2H/c1-10(27-9-16(26)11-2-4-15(19)5-3-11)12-6-13(17(20,21)22)8-14(7-12)18(23,24)25;7-5-1-3-6(8)4-2-5;1-3-5-4-2;;;/h2-8,10H,9H2,1H3;1-4H;3-4H2,1-2H3;;;/q;;;+2;2*-1. The van der Waals surface area contributed by atoms with Crippen molar-refractivity contribution in [2.24, 2.45) is 0 Å². The molecule has 1 unspecified atom stereocenters. The Kier molecular flexibility index (Phi) is 17.5. The predicted octanol–water partition coefficient (Wildman–Crippen LogP) is 9.30. The number of Topliss-reactive ketones (excluding diaryl/α,β-unsaturated/α-hetero) is 1. The predicted molar refractivity (Wildman–Crippen MR) is 146 cm³/mol. The zero-order valence-corrected chi connectivity index (χ0v) is 25.4. The van der Waals surface area contributed by atoms with Crippen molar-refractivity contribution in [3.05, 3.63) is 105 Å². The van der Waals surface area contributed by atoms with Crippen molar-refractivity contribution < 1.29 is 52.2 Å². The molecular weight excluding hydrogens is 640 g/mol. The van der Waals surface area contributed by atoms with E-state index >= 15 is 0 Å². The second-order valence-electron chi connectivity index (χ2n) is 7.94. The minimum absolute atomic E-state index is 0. The monoisotopic (exact) mass is 668 g/mol. The Morgan fingerprint density at radius 3 is 1.56 bits per heavy atom. The van der Waals surface area contributed by atoms with Gasteiger partial charge in [-0.05, 0) is 93.1 Å². The Morgan fingerprint density at radius 2 is 1.22 bits per heavy atom. The summed E-state index contributed by atoms with van der Waals surface area (Å²) in [5.74, 6) is -1.36. The van der Waals surface area contributed by atoms with Crippen LogP contribution in [0.15, 0.2) is 71.2 Å². The van der Waals surface area contributed by atoms with Crippen LogP contribution in [-0.4, -0.2) is 48.7 Å². The van der Waals surface area contributed by atoms with E-state index in [-0.39, 0.29) is 48.9 Å². The molecule has 41 heavy (non-hydrogen) atoms. The van der Waals surface area contributed by atoms with E-state index in [2.05, 4.69) is 15.9 Å². The van der Waals surface area contributed by atoms with Gasteiger partial charge in [-0.1, -0.05) is 15.9 Å². The summed E-state index contributed by atoms with van der Waals surface area (Å²) in [7, 11) is 0. The van der Waals surface area contributed by atoms with Gasteiger partial charge in [-0.25, -0.2) is 8.78 Å². The number of halogens is 9. The maximum Gasteiger partial charge on any atom is 2.00 e. The van der Waals surface area contributed by atoms with Gasteiger partial charge >= 0.3 is 35.4 Å². The third-order valence-corrected chi connectivity index (χ3v) is 5.45. The molecule has 0 aliphatic carbocycles. The molecule has 1 atom stereocenters. The number of alkyl halides is 6. The number of carbonyl (C=O) groups is 1. The maximum atomic E-state index is 12.9. The van der Waals surface area contributed by atoms with E-state index in [9.17, 15) is 39.9 Å². The van der Waals surface area contributed by atoms with Gasteiger partial charge in [0.1, 0.15) is 18.2 Å². The summed E-state index contributed by atoms with van der Waals surface area (Å²) >= 11 is 3.18. The van der Waals surface area contributed by atoms with Gasteiger partial charge < -0.3 is 12.3 Å². The van der Waals surface area contributed by atoms with Gasteiger partial charge in [0, 0.05) is 23.2 Å². The summed E-state index contributed by atoms with van der Waals surface area (Å²) < 4.78 is 113. The van der Waals surface area contributed by atoms with E-state index in [0.717, 1.165) is 29.8 Å². The number of benzene rings is 3. The number of ether oxygens (including phenoxy) is 2. The summed E-state index contributed by atoms with van der Waals surface area (Å²) in [5, 5.41) is 0. The van der Waals surface area contributed by atoms with Crippen LogP contribution in [-0.2, 0) is 21.8 Å². The van der Waals surface area contributed by atoms with Crippen LogP contribution in [0, 0.1) is 11.6 Å². The number of ketones is 1. The van der Waals surface area contributed by atoms with Crippen molar-refractivity contribution in [1.82, 2.24) is 0 Å². The molecule has 0 aliphatic heterocycles. The first-order chi connectivity index (χ1) is 18.6. The minimum atomic E-state index is -4.97. The van der Waals surface area contributed by atoms with E-state index in [4.69, 9.17) is 9.47 Å². The molecule has 0 amide bonds. The molecule has 0 aliphatic rings. The second-order valence-corrected chi connectivity index (χ2v) is 8.86. The number of rotatable bonds is 7. The van der Waals surface area contributed by atoms with Gasteiger partial charge in [0.2, 0.25) is 0 Å². The zero-order chi connectivity index (χ0) is 30.5. The number of carbonyl (C=O) groups excluding carboxylic acids is 1. The van der Waals surface area contributed by atoms with Crippen molar-refractivity contribution in [1.29, 1.82) is 0 Å². The van der Waals surface area contributed by atoms with E-state index in [0.29, 0.717) is 12.1 Å². The Balaban J connectivity index is -0.000000834. The third kappa shape index (κ3) is 15.1. The maximum absolute atomic E-state index is 12.9. The van der Waals surface area contributed by atoms with Crippen LogP contribution in [0.3, 0.4) is 0 Å². The molecule has 0 saturated heterocycles. The summed E-state index contributed by atoms with van der Waals surface area (Å²) in [6, 6.07) is 11.7. The Bertz CT molecular complexity index is 1140. The smallest absolute Gasteiger partial charge is 1.00 e. The van der Waals surface area contributed by atoms with Gasteiger partial charge in [-0.15, -0.1) is 0 Å². The van der Waals surface area contributed by atoms with Gasteiger partial charge in [-0.3, -0.25) is 4.79 Å². The topological polar surface area (TPSA) is 35.5 Å². The fourth-order valence-corrected chi connectivity index (χ4v) is 3.13. The first kappa shape index (κ1) is 38.9. The first-order valence-electron chi connectivity index (χ1n) is 11.8. The quantitative estimate of drug-likeness (QED) is 0.143. The van der Waals surface area contributed by atoms with E-state index in [1.165, 1.54) is 31.2 Å². The SMILES string of the molecule is CC(OCC(=O)c1ccc(F)cc1)c1cc(C(F)(F)F)cc(C(F)(F)F)c1.CCOCC.Fc1ccc(Br)cc1.[H-].[H-].[Mg+2]. The average molecular weight is 670 g/mol. The fraction of sp³-hybridized carbons (Fsp3) is 0.321. The van der Waals surface area contributed by atoms with Crippen molar-refractivity contribution in [3.8, 4) is 0 Å². The molecule has 3 rings (SSSR count). The van der Waals surface area contributed by atoms with Gasteiger partial charge in [0.15, 0.2) is 5.78 Å². The molecule has 0 aromatic heterocycles. The van der Waals surface area contributed by atoms with Crippen molar-refractivity contribution in [2.75, 3.05) is 19.8 Å². The molecule has 0 heterocycles. The van der Waals surface area contributed by atoms with Gasteiger partial charge in [0.05, 0.1) is 17.2 Å². The molecular formula is C28H29BrF8MgO3. The molecule has 0 bridgehead atoms. The zero-order valence-electron chi connectivity index (χ0n) is 24.4. The summed E-state index contributed by atoms with van der Waals surface area (Å²) in [6.45, 7) is 6.30. The van der Waals surface area contributed by atoms with E-state index in [1.807, 2.05) is 13.8 Å². The Hall–Kier alpha value is -2.06. The van der Waals surface area contributed by atoms with Gasteiger partial charge in [-0.2, -0.15) is 26.3 Å². The van der Waals surface area contributed by atoms with Crippen LogP contribution in [0.4, 0.5) is 35.1 Å². The van der Waals surface area contributed by atoms with Crippen LogP contribution in [0.25, 0.3) is 0 Å². The molecule has 3 nitrogen and oxygen atoms in total. The average Bonchev–Trinajstić information content (AvgIpc) is 2.89. The Morgan fingerprint density at radius 1 is 0.805 bits per heavy atom. The molecule has 0 saturated carbocycles. The molecule has 0 spiro atoms. The molecule has 0 radical (unpaired) electrons. The third-order valence-electron chi connectivity index (χ3n) is 4.92. The molecule has 3 aromatic rings. The van der Waals surface area contributed by atoms with Crippen LogP contribution in [0.5, 0.6) is 0 Å². The molecule has 0 N–H and O–H groups in total. The van der Waals surface area contributed by atoms with Crippen LogP contribution >= 0.6 is 15.9 Å². The van der Waals surface area contributed by atoms with Crippen molar-refractivity contribution in [2.45, 2.75) is 39.2 Å². The van der Waals surface area contributed by atoms with Crippen LogP contribution < -0.4 is 0 Å². The van der Waals surface area contributed by atoms with E-state index in [1.54, 1.807) is 12.1 Å². The second kappa shape index (κ2) is 18.5. The van der Waals surface area contributed by atoms with Gasteiger partial charge in [0.25, 0.3) is 0 Å².